The van der Waals surface area contributed by atoms with Gasteiger partial charge >= 0.3 is 5.97 Å². The standard InChI is InChI=1S/C10H18N2O5S2/c1-8(10(14)15)18-7-9(13)11-3-5-12(6-4-11)19(2,16)17/h8H,3-7H2,1-2H3,(H,14,15). The number of aliphatic carboxylic acids is 1. The third-order valence-electron chi connectivity index (χ3n) is 2.86. The Balaban J connectivity index is 2.39. The van der Waals surface area contributed by atoms with Crippen LogP contribution in [0.4, 0.5) is 0 Å². The molecule has 1 unspecified atom stereocenters. The predicted molar refractivity (Wildman–Crippen MR) is 72.6 cm³/mol. The Kier molecular flexibility index (Phi) is 5.63. The number of nitrogens with zero attached hydrogens (tertiary/aromatic N) is 2. The van der Waals surface area contributed by atoms with E-state index in [0.717, 1.165) is 18.0 Å². The van der Waals surface area contributed by atoms with E-state index in [4.69, 9.17) is 5.11 Å². The highest BCUT2D eigenvalue weighted by atomic mass is 32.2. The first-order chi connectivity index (χ1) is 8.71. The summed E-state index contributed by atoms with van der Waals surface area (Å²) < 4.78 is 23.9. The van der Waals surface area contributed by atoms with Crippen molar-refractivity contribution in [1.82, 2.24) is 9.21 Å². The predicted octanol–water partition coefficient (Wildman–Crippen LogP) is -0.703. The Morgan fingerprint density at radius 1 is 1.26 bits per heavy atom. The molecule has 0 aromatic heterocycles. The van der Waals surface area contributed by atoms with Gasteiger partial charge in [-0.25, -0.2) is 8.42 Å². The van der Waals surface area contributed by atoms with Gasteiger partial charge in [-0.05, 0) is 6.92 Å². The molecule has 0 radical (unpaired) electrons. The van der Waals surface area contributed by atoms with E-state index in [1.54, 1.807) is 4.90 Å². The minimum atomic E-state index is -3.20. The highest BCUT2D eigenvalue weighted by molar-refractivity contribution is 8.01. The van der Waals surface area contributed by atoms with Crippen LogP contribution in [-0.4, -0.2) is 78.0 Å². The van der Waals surface area contributed by atoms with Gasteiger partial charge in [-0.15, -0.1) is 11.8 Å². The number of hydrogen-bond donors (Lipinski definition) is 1. The fourth-order valence-electron chi connectivity index (χ4n) is 1.63. The Morgan fingerprint density at radius 2 is 1.79 bits per heavy atom. The number of carboxylic acid groups (broad SMARTS) is 1. The lowest BCUT2D eigenvalue weighted by Gasteiger charge is -2.33. The van der Waals surface area contributed by atoms with Crippen molar-refractivity contribution in [3.05, 3.63) is 0 Å². The van der Waals surface area contributed by atoms with Crippen LogP contribution in [0.1, 0.15) is 6.92 Å². The molecule has 1 aliphatic rings. The molecular formula is C10H18N2O5S2. The first kappa shape index (κ1) is 16.3. The Labute approximate surface area is 117 Å². The van der Waals surface area contributed by atoms with Crippen LogP contribution < -0.4 is 0 Å². The third-order valence-corrected chi connectivity index (χ3v) is 5.28. The van der Waals surface area contributed by atoms with Crippen LogP contribution in [-0.2, 0) is 19.6 Å². The topological polar surface area (TPSA) is 95.0 Å². The monoisotopic (exact) mass is 310 g/mol. The van der Waals surface area contributed by atoms with Crippen molar-refractivity contribution in [1.29, 1.82) is 0 Å². The lowest BCUT2D eigenvalue weighted by molar-refractivity contribution is -0.136. The number of piperazine rings is 1. The lowest BCUT2D eigenvalue weighted by atomic mass is 10.3. The highest BCUT2D eigenvalue weighted by Gasteiger charge is 2.26. The number of carboxylic acids is 1. The van der Waals surface area contributed by atoms with Crippen LogP contribution in [0.2, 0.25) is 0 Å². The molecule has 1 fully saturated rings. The molecule has 1 saturated heterocycles. The van der Waals surface area contributed by atoms with Crippen molar-refractivity contribution in [2.45, 2.75) is 12.2 Å². The highest BCUT2D eigenvalue weighted by Crippen LogP contribution is 2.13. The number of amides is 1. The van der Waals surface area contributed by atoms with Crippen molar-refractivity contribution >= 4 is 33.7 Å². The van der Waals surface area contributed by atoms with Gasteiger partial charge < -0.3 is 10.0 Å². The number of hydrogen-bond acceptors (Lipinski definition) is 5. The largest absolute Gasteiger partial charge is 0.480 e. The van der Waals surface area contributed by atoms with E-state index < -0.39 is 21.2 Å². The molecule has 0 aliphatic carbocycles. The minimum Gasteiger partial charge on any atom is -0.480 e. The van der Waals surface area contributed by atoms with Crippen molar-refractivity contribution in [2.75, 3.05) is 38.2 Å². The summed E-state index contributed by atoms with van der Waals surface area (Å²) in [5.74, 6) is -0.988. The number of rotatable bonds is 5. The minimum absolute atomic E-state index is 0.104. The van der Waals surface area contributed by atoms with Crippen LogP contribution >= 0.6 is 11.8 Å². The number of thioether (sulfide) groups is 1. The molecule has 1 heterocycles. The maximum absolute atomic E-state index is 11.8. The third kappa shape index (κ3) is 5.00. The molecule has 110 valence electrons. The van der Waals surface area contributed by atoms with Crippen LogP contribution in [0, 0.1) is 0 Å². The molecule has 1 rings (SSSR count). The molecule has 0 aromatic rings. The van der Waals surface area contributed by atoms with Crippen molar-refractivity contribution in [2.24, 2.45) is 0 Å². The number of carbonyl (C=O) groups is 2. The van der Waals surface area contributed by atoms with E-state index in [9.17, 15) is 18.0 Å². The summed E-state index contributed by atoms with van der Waals surface area (Å²) >= 11 is 1.07. The first-order valence-electron chi connectivity index (χ1n) is 5.79. The van der Waals surface area contributed by atoms with Crippen molar-refractivity contribution < 1.29 is 23.1 Å². The summed E-state index contributed by atoms with van der Waals surface area (Å²) in [6.45, 7) is 2.83. The van der Waals surface area contributed by atoms with Crippen molar-refractivity contribution in [3.63, 3.8) is 0 Å². The Morgan fingerprint density at radius 3 is 2.21 bits per heavy atom. The summed E-state index contributed by atoms with van der Waals surface area (Å²) in [7, 11) is -3.20. The second-order valence-electron chi connectivity index (χ2n) is 4.33. The fourth-order valence-corrected chi connectivity index (χ4v) is 3.17. The van der Waals surface area contributed by atoms with E-state index in [-0.39, 0.29) is 11.7 Å². The second kappa shape index (κ2) is 6.58. The van der Waals surface area contributed by atoms with Crippen LogP contribution in [0.3, 0.4) is 0 Å². The Hall–Kier alpha value is -0.800. The summed E-state index contributed by atoms with van der Waals surface area (Å²) in [6, 6.07) is 0. The van der Waals surface area contributed by atoms with E-state index in [0.29, 0.717) is 26.2 Å². The Bertz CT molecular complexity index is 443. The van der Waals surface area contributed by atoms with Gasteiger partial charge in [-0.1, -0.05) is 0 Å². The maximum atomic E-state index is 11.8. The average molecular weight is 310 g/mol. The zero-order chi connectivity index (χ0) is 14.6. The van der Waals surface area contributed by atoms with E-state index in [1.165, 1.54) is 11.2 Å². The smallest absolute Gasteiger partial charge is 0.316 e. The van der Waals surface area contributed by atoms with Gasteiger partial charge in [0.2, 0.25) is 15.9 Å². The molecule has 0 aromatic carbocycles. The molecule has 1 N–H and O–H groups in total. The summed E-state index contributed by atoms with van der Waals surface area (Å²) in [5, 5.41) is 8.09. The normalized spacial score (nSPS) is 19.2. The zero-order valence-corrected chi connectivity index (χ0v) is 12.5. The van der Waals surface area contributed by atoms with Gasteiger partial charge in [0.25, 0.3) is 0 Å². The lowest BCUT2D eigenvalue weighted by Crippen LogP contribution is -2.50. The summed E-state index contributed by atoms with van der Waals surface area (Å²) in [5.41, 5.74) is 0. The van der Waals surface area contributed by atoms with E-state index in [1.807, 2.05) is 0 Å². The van der Waals surface area contributed by atoms with Gasteiger partial charge in [0, 0.05) is 26.2 Å². The molecule has 1 aliphatic heterocycles. The van der Waals surface area contributed by atoms with Gasteiger partial charge in [0.05, 0.1) is 17.3 Å². The molecule has 7 nitrogen and oxygen atoms in total. The molecule has 1 amide bonds. The summed E-state index contributed by atoms with van der Waals surface area (Å²) in [6.07, 6.45) is 1.15. The molecule has 19 heavy (non-hydrogen) atoms. The fraction of sp³-hybridized carbons (Fsp3) is 0.800. The number of sulfonamides is 1. The SMILES string of the molecule is CC(SCC(=O)N1CCN(S(C)(=O)=O)CC1)C(=O)O. The summed E-state index contributed by atoms with van der Waals surface area (Å²) in [4.78, 5) is 24.0. The van der Waals surface area contributed by atoms with Crippen molar-refractivity contribution in [3.8, 4) is 0 Å². The number of carbonyl (C=O) groups excluding carboxylic acids is 1. The molecule has 9 heteroatoms. The second-order valence-corrected chi connectivity index (χ2v) is 7.65. The van der Waals surface area contributed by atoms with Gasteiger partial charge in [0.15, 0.2) is 0 Å². The van der Waals surface area contributed by atoms with E-state index in [2.05, 4.69) is 0 Å². The van der Waals surface area contributed by atoms with E-state index >= 15 is 0 Å². The van der Waals surface area contributed by atoms with Gasteiger partial charge in [0.1, 0.15) is 0 Å². The average Bonchev–Trinajstić information content (AvgIpc) is 2.34. The molecule has 0 spiro atoms. The zero-order valence-electron chi connectivity index (χ0n) is 10.9. The first-order valence-corrected chi connectivity index (χ1v) is 8.69. The molecular weight excluding hydrogens is 292 g/mol. The quantitative estimate of drug-likeness (QED) is 0.721. The van der Waals surface area contributed by atoms with Crippen LogP contribution in [0.5, 0.6) is 0 Å². The van der Waals surface area contributed by atoms with Gasteiger partial charge in [-0.2, -0.15) is 4.31 Å². The van der Waals surface area contributed by atoms with Gasteiger partial charge in [-0.3, -0.25) is 9.59 Å². The maximum Gasteiger partial charge on any atom is 0.316 e. The van der Waals surface area contributed by atoms with Crippen LogP contribution in [0.25, 0.3) is 0 Å². The molecule has 0 saturated carbocycles. The molecule has 0 bridgehead atoms. The van der Waals surface area contributed by atoms with Crippen LogP contribution in [0.15, 0.2) is 0 Å². The molecule has 1 atom stereocenters.